The molecule has 5 heteroatoms. The van der Waals surface area contributed by atoms with Gasteiger partial charge in [0, 0.05) is 24.8 Å². The standard InChI is InChI=1S/C14H20ClN3O/c1-17(2)11-5-7-18(8-6-11)14(19)12-9-10(16)3-4-13(12)15/h3-4,9,11H,5-8,16H2,1-2H3. The second-order valence-electron chi connectivity index (χ2n) is 5.23. The van der Waals surface area contributed by atoms with E-state index >= 15 is 0 Å². The maximum atomic E-state index is 12.4. The van der Waals surface area contributed by atoms with Crippen LogP contribution in [0.25, 0.3) is 0 Å². The first kappa shape index (κ1) is 14.2. The third-order valence-electron chi connectivity index (χ3n) is 3.70. The summed E-state index contributed by atoms with van der Waals surface area (Å²) in [5.41, 5.74) is 6.79. The second kappa shape index (κ2) is 5.80. The monoisotopic (exact) mass is 281 g/mol. The van der Waals surface area contributed by atoms with E-state index in [4.69, 9.17) is 17.3 Å². The molecular weight excluding hydrogens is 262 g/mol. The molecule has 1 fully saturated rings. The molecule has 1 amide bonds. The minimum atomic E-state index is -0.0190. The van der Waals surface area contributed by atoms with Crippen LogP contribution in [0.1, 0.15) is 23.2 Å². The minimum absolute atomic E-state index is 0.0190. The molecule has 0 unspecified atom stereocenters. The number of carbonyl (C=O) groups is 1. The van der Waals surface area contributed by atoms with E-state index in [1.807, 2.05) is 4.90 Å². The van der Waals surface area contributed by atoms with Gasteiger partial charge < -0.3 is 15.5 Å². The van der Waals surface area contributed by atoms with Crippen LogP contribution in [-0.4, -0.2) is 48.9 Å². The first-order valence-electron chi connectivity index (χ1n) is 6.50. The van der Waals surface area contributed by atoms with Crippen LogP contribution in [0.15, 0.2) is 18.2 Å². The highest BCUT2D eigenvalue weighted by Gasteiger charge is 2.25. The zero-order chi connectivity index (χ0) is 14.0. The van der Waals surface area contributed by atoms with E-state index in [9.17, 15) is 4.79 Å². The zero-order valence-corrected chi connectivity index (χ0v) is 12.2. The Morgan fingerprint density at radius 2 is 2.00 bits per heavy atom. The van der Waals surface area contributed by atoms with Crippen LogP contribution in [-0.2, 0) is 0 Å². The molecule has 0 aliphatic carbocycles. The molecule has 0 radical (unpaired) electrons. The maximum Gasteiger partial charge on any atom is 0.255 e. The highest BCUT2D eigenvalue weighted by molar-refractivity contribution is 6.34. The quantitative estimate of drug-likeness (QED) is 0.845. The molecule has 1 aromatic rings. The molecule has 2 N–H and O–H groups in total. The van der Waals surface area contributed by atoms with Crippen LogP contribution >= 0.6 is 11.6 Å². The van der Waals surface area contributed by atoms with Crippen LogP contribution in [0, 0.1) is 0 Å². The molecule has 2 rings (SSSR count). The number of likely N-dealkylation sites (tertiary alicyclic amines) is 1. The fourth-order valence-electron chi connectivity index (χ4n) is 2.46. The van der Waals surface area contributed by atoms with Gasteiger partial charge in [0.2, 0.25) is 0 Å². The van der Waals surface area contributed by atoms with Crippen molar-refractivity contribution in [1.82, 2.24) is 9.80 Å². The molecule has 0 atom stereocenters. The molecule has 0 aromatic heterocycles. The number of hydrogen-bond acceptors (Lipinski definition) is 3. The van der Waals surface area contributed by atoms with E-state index in [0.717, 1.165) is 25.9 Å². The fourth-order valence-corrected chi connectivity index (χ4v) is 2.66. The molecule has 104 valence electrons. The van der Waals surface area contributed by atoms with Crippen molar-refractivity contribution < 1.29 is 4.79 Å². The number of anilines is 1. The van der Waals surface area contributed by atoms with Gasteiger partial charge in [-0.25, -0.2) is 0 Å². The number of carbonyl (C=O) groups excluding carboxylic acids is 1. The summed E-state index contributed by atoms with van der Waals surface area (Å²) >= 11 is 6.08. The molecule has 1 saturated heterocycles. The maximum absolute atomic E-state index is 12.4. The molecule has 1 aromatic carbocycles. The first-order chi connectivity index (χ1) is 8.99. The number of hydrogen-bond donors (Lipinski definition) is 1. The predicted molar refractivity (Wildman–Crippen MR) is 78.5 cm³/mol. The molecule has 1 aliphatic heterocycles. The Kier molecular flexibility index (Phi) is 4.32. The number of halogens is 1. The predicted octanol–water partition coefficient (Wildman–Crippen LogP) is 2.09. The van der Waals surface area contributed by atoms with Gasteiger partial charge in [-0.2, -0.15) is 0 Å². The lowest BCUT2D eigenvalue weighted by Crippen LogP contribution is -2.44. The van der Waals surface area contributed by atoms with Crippen molar-refractivity contribution in [2.75, 3.05) is 32.9 Å². The van der Waals surface area contributed by atoms with Gasteiger partial charge in [0.05, 0.1) is 10.6 Å². The Bertz CT molecular complexity index is 468. The normalized spacial score (nSPS) is 16.9. The SMILES string of the molecule is CN(C)C1CCN(C(=O)c2cc(N)ccc2Cl)CC1. The third-order valence-corrected chi connectivity index (χ3v) is 4.03. The van der Waals surface area contributed by atoms with Gasteiger partial charge in [-0.3, -0.25) is 4.79 Å². The Morgan fingerprint density at radius 1 is 1.37 bits per heavy atom. The van der Waals surface area contributed by atoms with Crippen molar-refractivity contribution in [1.29, 1.82) is 0 Å². The number of benzene rings is 1. The molecular formula is C14H20ClN3O. The van der Waals surface area contributed by atoms with Gasteiger partial charge >= 0.3 is 0 Å². The molecule has 1 aliphatic rings. The summed E-state index contributed by atoms with van der Waals surface area (Å²) < 4.78 is 0. The number of nitrogens with zero attached hydrogens (tertiary/aromatic N) is 2. The summed E-state index contributed by atoms with van der Waals surface area (Å²) in [6, 6.07) is 5.59. The van der Waals surface area contributed by atoms with E-state index in [1.54, 1.807) is 18.2 Å². The number of rotatable bonds is 2. The van der Waals surface area contributed by atoms with E-state index in [-0.39, 0.29) is 5.91 Å². The summed E-state index contributed by atoms with van der Waals surface area (Å²) in [5.74, 6) is -0.0190. The summed E-state index contributed by atoms with van der Waals surface area (Å²) in [6.07, 6.45) is 2.00. The highest BCUT2D eigenvalue weighted by Crippen LogP contribution is 2.23. The number of piperidine rings is 1. The number of amides is 1. The summed E-state index contributed by atoms with van der Waals surface area (Å²) in [6.45, 7) is 1.54. The Morgan fingerprint density at radius 3 is 2.58 bits per heavy atom. The Hall–Kier alpha value is -1.26. The Balaban J connectivity index is 2.07. The van der Waals surface area contributed by atoms with E-state index < -0.39 is 0 Å². The zero-order valence-electron chi connectivity index (χ0n) is 11.4. The molecule has 0 bridgehead atoms. The van der Waals surface area contributed by atoms with E-state index in [0.29, 0.717) is 22.3 Å². The average molecular weight is 282 g/mol. The number of nitrogen functional groups attached to an aromatic ring is 1. The van der Waals surface area contributed by atoms with Crippen molar-refractivity contribution in [3.63, 3.8) is 0 Å². The van der Waals surface area contributed by atoms with Crippen LogP contribution < -0.4 is 5.73 Å². The lowest BCUT2D eigenvalue weighted by atomic mass is 10.0. The topological polar surface area (TPSA) is 49.6 Å². The van der Waals surface area contributed by atoms with Crippen LogP contribution in [0.5, 0.6) is 0 Å². The van der Waals surface area contributed by atoms with Crippen molar-refractivity contribution in [3.8, 4) is 0 Å². The second-order valence-corrected chi connectivity index (χ2v) is 5.63. The molecule has 0 saturated carbocycles. The van der Waals surface area contributed by atoms with Crippen LogP contribution in [0.2, 0.25) is 5.02 Å². The van der Waals surface area contributed by atoms with Gasteiger partial charge in [-0.05, 0) is 45.1 Å². The van der Waals surface area contributed by atoms with Gasteiger partial charge in [0.15, 0.2) is 0 Å². The summed E-state index contributed by atoms with van der Waals surface area (Å²) in [4.78, 5) is 16.5. The molecule has 19 heavy (non-hydrogen) atoms. The van der Waals surface area contributed by atoms with Crippen molar-refractivity contribution in [3.05, 3.63) is 28.8 Å². The number of nitrogens with two attached hydrogens (primary N) is 1. The van der Waals surface area contributed by atoms with E-state index in [1.165, 1.54) is 0 Å². The van der Waals surface area contributed by atoms with Crippen LogP contribution in [0.3, 0.4) is 0 Å². The van der Waals surface area contributed by atoms with Gasteiger partial charge in [-0.1, -0.05) is 11.6 Å². The lowest BCUT2D eigenvalue weighted by molar-refractivity contribution is 0.0663. The largest absolute Gasteiger partial charge is 0.399 e. The van der Waals surface area contributed by atoms with Gasteiger partial charge in [0.25, 0.3) is 5.91 Å². The summed E-state index contributed by atoms with van der Waals surface area (Å²) in [7, 11) is 4.16. The molecule has 1 heterocycles. The van der Waals surface area contributed by atoms with Crippen molar-refractivity contribution in [2.24, 2.45) is 0 Å². The van der Waals surface area contributed by atoms with Crippen molar-refractivity contribution in [2.45, 2.75) is 18.9 Å². The summed E-state index contributed by atoms with van der Waals surface area (Å²) in [5, 5.41) is 0.467. The Labute approximate surface area is 119 Å². The first-order valence-corrected chi connectivity index (χ1v) is 6.87. The van der Waals surface area contributed by atoms with Crippen LogP contribution in [0.4, 0.5) is 5.69 Å². The molecule has 4 nitrogen and oxygen atoms in total. The lowest BCUT2D eigenvalue weighted by Gasteiger charge is -2.35. The smallest absolute Gasteiger partial charge is 0.255 e. The molecule has 0 spiro atoms. The van der Waals surface area contributed by atoms with Gasteiger partial charge in [-0.15, -0.1) is 0 Å². The third kappa shape index (κ3) is 3.19. The fraction of sp³-hybridized carbons (Fsp3) is 0.500. The van der Waals surface area contributed by atoms with Gasteiger partial charge in [0.1, 0.15) is 0 Å². The van der Waals surface area contributed by atoms with Crippen molar-refractivity contribution >= 4 is 23.2 Å². The minimum Gasteiger partial charge on any atom is -0.399 e. The highest BCUT2D eigenvalue weighted by atomic mass is 35.5. The van der Waals surface area contributed by atoms with E-state index in [2.05, 4.69) is 19.0 Å². The average Bonchev–Trinajstić information content (AvgIpc) is 2.41.